The van der Waals surface area contributed by atoms with Crippen LogP contribution >= 0.6 is 15.6 Å². The van der Waals surface area contributed by atoms with Crippen molar-refractivity contribution in [3.63, 3.8) is 0 Å². The first-order chi connectivity index (χ1) is 48.7. The van der Waals surface area contributed by atoms with Gasteiger partial charge in [-0.05, 0) is 122 Å². The fourth-order valence-corrected chi connectivity index (χ4v) is 11.8. The Kier molecular flexibility index (Phi) is 69.9. The van der Waals surface area contributed by atoms with Crippen LogP contribution in [0.5, 0.6) is 0 Å². The summed E-state index contributed by atoms with van der Waals surface area (Å²) in [5.74, 6) is -2.26. The summed E-state index contributed by atoms with van der Waals surface area (Å²) in [7, 11) is -9.97. The lowest BCUT2D eigenvalue weighted by atomic mass is 10.0. The first-order valence-corrected chi connectivity index (χ1v) is 42.1. The van der Waals surface area contributed by atoms with Crippen molar-refractivity contribution >= 4 is 39.5 Å². The molecular weight excluding hydrogens is 1310 g/mol. The Morgan fingerprint density at radius 2 is 0.540 bits per heavy atom. The van der Waals surface area contributed by atoms with Crippen molar-refractivity contribution in [3.8, 4) is 0 Å². The zero-order valence-corrected chi connectivity index (χ0v) is 64.6. The number of rotatable bonds is 73. The van der Waals surface area contributed by atoms with Crippen molar-refractivity contribution in [3.05, 3.63) is 109 Å². The second-order valence-electron chi connectivity index (χ2n) is 25.9. The van der Waals surface area contributed by atoms with Crippen molar-refractivity contribution < 1.29 is 80.2 Å². The number of phosphoric ester groups is 2. The van der Waals surface area contributed by atoms with Gasteiger partial charge in [0.05, 0.1) is 26.4 Å². The number of phosphoric acid groups is 2. The summed E-state index contributed by atoms with van der Waals surface area (Å²) in [5, 5.41) is 10.6. The van der Waals surface area contributed by atoms with Crippen molar-refractivity contribution in [2.75, 3.05) is 39.6 Å². The molecule has 0 aromatic carbocycles. The van der Waals surface area contributed by atoms with E-state index in [4.69, 9.17) is 37.0 Å². The van der Waals surface area contributed by atoms with Gasteiger partial charge >= 0.3 is 39.5 Å². The number of carbonyl (C=O) groups is 4. The van der Waals surface area contributed by atoms with E-state index >= 15 is 0 Å². The lowest BCUT2D eigenvalue weighted by Crippen LogP contribution is -2.30. The van der Waals surface area contributed by atoms with E-state index in [1.54, 1.807) is 0 Å². The molecule has 5 atom stereocenters. The predicted octanol–water partition coefficient (Wildman–Crippen LogP) is 22.6. The Hall–Kier alpha value is -4.28. The molecule has 0 radical (unpaired) electrons. The third-order valence-electron chi connectivity index (χ3n) is 16.2. The second-order valence-corrected chi connectivity index (χ2v) is 28.8. The van der Waals surface area contributed by atoms with E-state index in [1.165, 1.54) is 89.9 Å². The number of hydrogen-bond acceptors (Lipinski definition) is 15. The maximum atomic E-state index is 13.1. The lowest BCUT2D eigenvalue weighted by Gasteiger charge is -2.21. The summed E-state index contributed by atoms with van der Waals surface area (Å²) in [6, 6.07) is 0. The molecule has 3 N–H and O–H groups in total. The van der Waals surface area contributed by atoms with Crippen molar-refractivity contribution in [2.45, 2.75) is 341 Å². The van der Waals surface area contributed by atoms with Crippen LogP contribution in [0.15, 0.2) is 109 Å². The Labute approximate surface area is 607 Å². The van der Waals surface area contributed by atoms with Gasteiger partial charge in [-0.15, -0.1) is 0 Å². The van der Waals surface area contributed by atoms with Crippen LogP contribution in [-0.4, -0.2) is 96.7 Å². The van der Waals surface area contributed by atoms with Gasteiger partial charge in [-0.2, -0.15) is 0 Å². The first kappa shape index (κ1) is 95.7. The third kappa shape index (κ3) is 72.1. The van der Waals surface area contributed by atoms with E-state index in [1.807, 2.05) is 12.2 Å². The normalized spacial score (nSPS) is 14.5. The highest BCUT2D eigenvalue weighted by molar-refractivity contribution is 7.47. The number of ether oxygens (including phenoxy) is 4. The van der Waals surface area contributed by atoms with Crippen molar-refractivity contribution in [2.24, 2.45) is 0 Å². The molecule has 0 spiro atoms. The summed E-state index contributed by atoms with van der Waals surface area (Å²) in [6.45, 7) is 4.62. The van der Waals surface area contributed by atoms with Gasteiger partial charge in [0, 0.05) is 25.7 Å². The van der Waals surface area contributed by atoms with Gasteiger partial charge in [0.25, 0.3) is 0 Å². The molecule has 0 fully saturated rings. The summed E-state index contributed by atoms with van der Waals surface area (Å²) < 4.78 is 68.4. The van der Waals surface area contributed by atoms with Gasteiger partial charge in [-0.3, -0.25) is 37.3 Å². The van der Waals surface area contributed by atoms with Gasteiger partial charge in [-0.25, -0.2) is 9.13 Å². The summed E-state index contributed by atoms with van der Waals surface area (Å²) >= 11 is 0. The van der Waals surface area contributed by atoms with Crippen LogP contribution in [0, 0.1) is 0 Å². The highest BCUT2D eigenvalue weighted by atomic mass is 31.2. The minimum atomic E-state index is -4.99. The standard InChI is InChI=1S/C81H140O17P2/c1-5-9-13-17-21-25-29-32-34-36-37-39-40-43-47-50-54-58-62-66-79(84)92-72-77(98-81(86)68-64-60-56-52-48-44-41-38-35-33-30-26-22-18-14-10-6-2)74-96-100(89,90)94-70-75(82)69-93-99(87,88)95-73-76(97-80(85)67-63-59-55-51-45-28-24-20-16-12-8-4)71-91-78(83)65-61-57-53-49-46-42-31-27-23-19-15-11-7-3/h10,14,20-22,24-26,32-35,37,39,41,44,52,56,75-77,82H,5-9,11-13,15-19,23,27-31,36,38,40,42-43,45-51,53-55,57-74H2,1-4H3,(H,87,88)(H,89,90)/b14-10-,24-20-,25-21-,26-22-,34-32-,35-33-,39-37-,44-41-,56-52-. The Morgan fingerprint density at radius 1 is 0.290 bits per heavy atom. The number of aliphatic hydroxyl groups excluding tert-OH is 1. The fourth-order valence-electron chi connectivity index (χ4n) is 10.2. The highest BCUT2D eigenvalue weighted by Crippen LogP contribution is 2.45. The zero-order valence-electron chi connectivity index (χ0n) is 62.8. The number of unbranched alkanes of at least 4 members (excludes halogenated alkanes) is 29. The van der Waals surface area contributed by atoms with Gasteiger partial charge in [0.1, 0.15) is 19.3 Å². The van der Waals surface area contributed by atoms with Gasteiger partial charge in [0.2, 0.25) is 0 Å². The predicted molar refractivity (Wildman–Crippen MR) is 408 cm³/mol. The number of aliphatic hydroxyl groups is 1. The van der Waals surface area contributed by atoms with Gasteiger partial charge < -0.3 is 33.8 Å². The molecule has 0 aliphatic heterocycles. The molecular formula is C81H140O17P2. The van der Waals surface area contributed by atoms with E-state index < -0.39 is 97.5 Å². The van der Waals surface area contributed by atoms with Crippen LogP contribution in [0.2, 0.25) is 0 Å². The summed E-state index contributed by atoms with van der Waals surface area (Å²) in [5.41, 5.74) is 0. The zero-order chi connectivity index (χ0) is 73.2. The molecule has 100 heavy (non-hydrogen) atoms. The molecule has 0 rings (SSSR count). The minimum absolute atomic E-state index is 0.0124. The molecule has 0 saturated carbocycles. The van der Waals surface area contributed by atoms with E-state index in [-0.39, 0.29) is 25.7 Å². The molecule has 0 aromatic heterocycles. The number of hydrogen-bond donors (Lipinski definition) is 3. The number of esters is 4. The molecule has 0 bridgehead atoms. The van der Waals surface area contributed by atoms with E-state index in [0.717, 1.165) is 148 Å². The topological polar surface area (TPSA) is 237 Å². The molecule has 0 aromatic rings. The molecule has 0 heterocycles. The molecule has 0 aliphatic carbocycles. The largest absolute Gasteiger partial charge is 0.472 e. The average molecular weight is 1450 g/mol. The molecule has 17 nitrogen and oxygen atoms in total. The summed E-state index contributed by atoms with van der Waals surface area (Å²) in [6.07, 6.45) is 78.0. The van der Waals surface area contributed by atoms with Crippen LogP contribution in [0.3, 0.4) is 0 Å². The second kappa shape index (κ2) is 73.0. The molecule has 5 unspecified atom stereocenters. The lowest BCUT2D eigenvalue weighted by molar-refractivity contribution is -0.161. The molecule has 576 valence electrons. The fraction of sp³-hybridized carbons (Fsp3) is 0.728. The molecule has 0 amide bonds. The van der Waals surface area contributed by atoms with Gasteiger partial charge in [-0.1, -0.05) is 285 Å². The van der Waals surface area contributed by atoms with Crippen LogP contribution < -0.4 is 0 Å². The Morgan fingerprint density at radius 3 is 0.900 bits per heavy atom. The SMILES string of the molecule is CC/C=C\C/C=C\C/C=C\C/C=C\C/C=C\CCCC(=O)OC(COC(=O)CCCCCCCC/C=C\C/C=C\C/C=C\CCCCC)COP(=O)(O)OCC(O)COP(=O)(O)OCC(COC(=O)CCCCCCCCCCCCCCC)OC(=O)CCCCCCC/C=C\CCCC. The van der Waals surface area contributed by atoms with Crippen molar-refractivity contribution in [1.29, 1.82) is 0 Å². The molecule has 0 saturated heterocycles. The highest BCUT2D eigenvalue weighted by Gasteiger charge is 2.30. The van der Waals surface area contributed by atoms with Crippen LogP contribution in [0.25, 0.3) is 0 Å². The Balaban J connectivity index is 5.39. The molecule has 0 aliphatic rings. The van der Waals surface area contributed by atoms with E-state index in [9.17, 15) is 43.2 Å². The number of allylic oxidation sites excluding steroid dienone is 18. The Bertz CT molecular complexity index is 2320. The third-order valence-corrected chi connectivity index (χ3v) is 18.1. The molecule has 19 heteroatoms. The minimum Gasteiger partial charge on any atom is -0.462 e. The maximum Gasteiger partial charge on any atom is 0.472 e. The van der Waals surface area contributed by atoms with Crippen LogP contribution in [0.4, 0.5) is 0 Å². The first-order valence-electron chi connectivity index (χ1n) is 39.1. The van der Waals surface area contributed by atoms with Crippen LogP contribution in [0.1, 0.15) is 323 Å². The van der Waals surface area contributed by atoms with E-state index in [0.29, 0.717) is 32.1 Å². The quantitative estimate of drug-likeness (QED) is 0.0169. The van der Waals surface area contributed by atoms with Crippen LogP contribution in [-0.2, 0) is 65.4 Å². The van der Waals surface area contributed by atoms with Crippen molar-refractivity contribution in [1.82, 2.24) is 0 Å². The maximum absolute atomic E-state index is 13.1. The monoisotopic (exact) mass is 1450 g/mol. The van der Waals surface area contributed by atoms with E-state index in [2.05, 4.69) is 125 Å². The summed E-state index contributed by atoms with van der Waals surface area (Å²) in [4.78, 5) is 72.8. The average Bonchev–Trinajstić information content (AvgIpc) is 1.05. The smallest absolute Gasteiger partial charge is 0.462 e. The number of carbonyl (C=O) groups excluding carboxylic acids is 4. The van der Waals surface area contributed by atoms with Gasteiger partial charge in [0.15, 0.2) is 12.2 Å².